The molecular formula is C15H22N2O4. The van der Waals surface area contributed by atoms with E-state index in [0.29, 0.717) is 17.8 Å². The topological polar surface area (TPSA) is 90.6 Å². The highest BCUT2D eigenvalue weighted by Gasteiger charge is 2.16. The summed E-state index contributed by atoms with van der Waals surface area (Å²) in [6.07, 6.45) is -0.392. The molecule has 0 atom stereocenters. The van der Waals surface area contributed by atoms with Crippen molar-refractivity contribution >= 4 is 17.7 Å². The van der Waals surface area contributed by atoms with E-state index in [1.54, 1.807) is 39.0 Å². The third-order valence-corrected chi connectivity index (χ3v) is 2.61. The standard InChI is InChI=1S/C15H22N2O4/c1-15(2,3)21-14(19)17-9-10-5-6-12(16)11(7-10)8-13(18)20-4/h5-7H,8-9,16H2,1-4H3,(H,17,19). The highest BCUT2D eigenvalue weighted by Crippen LogP contribution is 2.15. The zero-order valence-corrected chi connectivity index (χ0v) is 12.9. The number of esters is 1. The van der Waals surface area contributed by atoms with Gasteiger partial charge in [0.15, 0.2) is 0 Å². The molecule has 116 valence electrons. The fourth-order valence-electron chi connectivity index (χ4n) is 1.64. The molecule has 0 aromatic heterocycles. The molecule has 0 bridgehead atoms. The number of nitrogens with one attached hydrogen (secondary N) is 1. The molecule has 0 fully saturated rings. The van der Waals surface area contributed by atoms with Gasteiger partial charge in [-0.15, -0.1) is 0 Å². The van der Waals surface area contributed by atoms with Gasteiger partial charge in [0.2, 0.25) is 0 Å². The number of carbonyl (C=O) groups is 2. The van der Waals surface area contributed by atoms with Gasteiger partial charge in [-0.25, -0.2) is 4.79 Å². The Morgan fingerprint density at radius 3 is 2.52 bits per heavy atom. The Morgan fingerprint density at radius 1 is 1.29 bits per heavy atom. The summed E-state index contributed by atoms with van der Waals surface area (Å²) in [7, 11) is 1.33. The lowest BCUT2D eigenvalue weighted by Crippen LogP contribution is -2.32. The van der Waals surface area contributed by atoms with Gasteiger partial charge in [-0.1, -0.05) is 12.1 Å². The van der Waals surface area contributed by atoms with Crippen molar-refractivity contribution in [2.24, 2.45) is 0 Å². The molecule has 1 amide bonds. The van der Waals surface area contributed by atoms with E-state index in [0.717, 1.165) is 5.56 Å². The van der Waals surface area contributed by atoms with E-state index >= 15 is 0 Å². The van der Waals surface area contributed by atoms with Gasteiger partial charge in [0, 0.05) is 12.2 Å². The van der Waals surface area contributed by atoms with Crippen LogP contribution < -0.4 is 11.1 Å². The van der Waals surface area contributed by atoms with E-state index in [-0.39, 0.29) is 12.4 Å². The minimum atomic E-state index is -0.540. The van der Waals surface area contributed by atoms with E-state index < -0.39 is 11.7 Å². The second-order valence-electron chi connectivity index (χ2n) is 5.64. The fraction of sp³-hybridized carbons (Fsp3) is 0.467. The second kappa shape index (κ2) is 6.97. The Kier molecular flexibility index (Phi) is 5.58. The summed E-state index contributed by atoms with van der Waals surface area (Å²) in [5.74, 6) is -0.362. The number of hydrogen-bond acceptors (Lipinski definition) is 5. The normalized spacial score (nSPS) is 10.9. The minimum absolute atomic E-state index is 0.0998. The zero-order valence-electron chi connectivity index (χ0n) is 12.9. The monoisotopic (exact) mass is 294 g/mol. The molecule has 6 nitrogen and oxygen atoms in total. The van der Waals surface area contributed by atoms with Crippen molar-refractivity contribution in [2.45, 2.75) is 39.3 Å². The van der Waals surface area contributed by atoms with Crippen LogP contribution >= 0.6 is 0 Å². The lowest BCUT2D eigenvalue weighted by Gasteiger charge is -2.19. The van der Waals surface area contributed by atoms with Gasteiger partial charge in [0.25, 0.3) is 0 Å². The van der Waals surface area contributed by atoms with Gasteiger partial charge in [-0.2, -0.15) is 0 Å². The van der Waals surface area contributed by atoms with Crippen LogP contribution in [-0.2, 0) is 27.2 Å². The van der Waals surface area contributed by atoms with Crippen LogP contribution in [-0.4, -0.2) is 24.8 Å². The van der Waals surface area contributed by atoms with Gasteiger partial charge >= 0.3 is 12.1 Å². The van der Waals surface area contributed by atoms with Crippen LogP contribution in [0.5, 0.6) is 0 Å². The van der Waals surface area contributed by atoms with Crippen molar-refractivity contribution in [3.8, 4) is 0 Å². The molecule has 0 saturated carbocycles. The molecule has 3 N–H and O–H groups in total. The second-order valence-corrected chi connectivity index (χ2v) is 5.64. The van der Waals surface area contributed by atoms with E-state index in [1.807, 2.05) is 0 Å². The number of nitrogens with two attached hydrogens (primary N) is 1. The van der Waals surface area contributed by atoms with Crippen molar-refractivity contribution in [3.63, 3.8) is 0 Å². The number of alkyl carbamates (subject to hydrolysis) is 1. The third-order valence-electron chi connectivity index (χ3n) is 2.61. The predicted molar refractivity (Wildman–Crippen MR) is 79.6 cm³/mol. The van der Waals surface area contributed by atoms with Gasteiger partial charge in [0.05, 0.1) is 13.5 Å². The van der Waals surface area contributed by atoms with Crippen LogP contribution in [0.2, 0.25) is 0 Å². The van der Waals surface area contributed by atoms with Gasteiger partial charge < -0.3 is 20.5 Å². The van der Waals surface area contributed by atoms with Crippen LogP contribution in [0.1, 0.15) is 31.9 Å². The van der Waals surface area contributed by atoms with Crippen LogP contribution in [0.15, 0.2) is 18.2 Å². The fourth-order valence-corrected chi connectivity index (χ4v) is 1.64. The highest BCUT2D eigenvalue weighted by atomic mass is 16.6. The Bertz CT molecular complexity index is 521. The number of benzene rings is 1. The van der Waals surface area contributed by atoms with Crippen LogP contribution in [0.4, 0.5) is 10.5 Å². The van der Waals surface area contributed by atoms with E-state index in [1.165, 1.54) is 7.11 Å². The molecule has 0 heterocycles. The number of rotatable bonds is 4. The first-order chi connectivity index (χ1) is 9.71. The molecular weight excluding hydrogens is 272 g/mol. The summed E-state index contributed by atoms with van der Waals surface area (Å²) in [5.41, 5.74) is 7.29. The summed E-state index contributed by atoms with van der Waals surface area (Å²) in [5, 5.41) is 2.65. The van der Waals surface area contributed by atoms with E-state index in [2.05, 4.69) is 10.1 Å². The SMILES string of the molecule is COC(=O)Cc1cc(CNC(=O)OC(C)(C)C)ccc1N. The molecule has 1 rings (SSSR count). The summed E-state index contributed by atoms with van der Waals surface area (Å²) in [6.45, 7) is 5.68. The Morgan fingerprint density at radius 2 is 1.95 bits per heavy atom. The minimum Gasteiger partial charge on any atom is -0.469 e. The summed E-state index contributed by atoms with van der Waals surface area (Å²) in [6, 6.07) is 5.25. The maximum Gasteiger partial charge on any atom is 0.407 e. The first kappa shape index (κ1) is 16.8. The average molecular weight is 294 g/mol. The lowest BCUT2D eigenvalue weighted by molar-refractivity contribution is -0.139. The first-order valence-corrected chi connectivity index (χ1v) is 6.62. The van der Waals surface area contributed by atoms with Crippen molar-refractivity contribution < 1.29 is 19.1 Å². The molecule has 0 aliphatic carbocycles. The Balaban J connectivity index is 2.66. The molecule has 1 aromatic rings. The maximum atomic E-state index is 11.6. The predicted octanol–water partition coefficient (Wildman–Crippen LogP) is 2.01. The largest absolute Gasteiger partial charge is 0.469 e. The Labute approximate surface area is 124 Å². The number of methoxy groups -OCH3 is 1. The van der Waals surface area contributed by atoms with Gasteiger partial charge in [-0.05, 0) is 38.0 Å². The van der Waals surface area contributed by atoms with Crippen molar-refractivity contribution in [2.75, 3.05) is 12.8 Å². The maximum absolute atomic E-state index is 11.6. The number of anilines is 1. The van der Waals surface area contributed by atoms with E-state index in [4.69, 9.17) is 10.5 Å². The van der Waals surface area contributed by atoms with Crippen molar-refractivity contribution in [1.82, 2.24) is 5.32 Å². The molecule has 0 unspecified atom stereocenters. The molecule has 0 saturated heterocycles. The molecule has 0 aliphatic rings. The highest BCUT2D eigenvalue weighted by molar-refractivity contribution is 5.75. The molecule has 21 heavy (non-hydrogen) atoms. The summed E-state index contributed by atoms with van der Waals surface area (Å²) in [4.78, 5) is 22.9. The molecule has 0 aliphatic heterocycles. The summed E-state index contributed by atoms with van der Waals surface area (Å²) >= 11 is 0. The van der Waals surface area contributed by atoms with E-state index in [9.17, 15) is 9.59 Å². The molecule has 0 spiro atoms. The molecule has 6 heteroatoms. The van der Waals surface area contributed by atoms with Crippen LogP contribution in [0.25, 0.3) is 0 Å². The van der Waals surface area contributed by atoms with Crippen molar-refractivity contribution in [1.29, 1.82) is 0 Å². The summed E-state index contributed by atoms with van der Waals surface area (Å²) < 4.78 is 9.76. The van der Waals surface area contributed by atoms with Crippen LogP contribution in [0.3, 0.4) is 0 Å². The first-order valence-electron chi connectivity index (χ1n) is 6.62. The number of carbonyl (C=O) groups excluding carboxylic acids is 2. The lowest BCUT2D eigenvalue weighted by atomic mass is 10.1. The number of hydrogen-bond donors (Lipinski definition) is 2. The number of amides is 1. The van der Waals surface area contributed by atoms with Crippen LogP contribution in [0, 0.1) is 0 Å². The number of ether oxygens (including phenoxy) is 2. The third kappa shape index (κ3) is 6.16. The zero-order chi connectivity index (χ0) is 16.0. The number of nitrogen functional groups attached to an aromatic ring is 1. The molecule has 0 radical (unpaired) electrons. The van der Waals surface area contributed by atoms with Gasteiger partial charge in [-0.3, -0.25) is 4.79 Å². The Hall–Kier alpha value is -2.24. The molecule has 1 aromatic carbocycles. The quantitative estimate of drug-likeness (QED) is 0.655. The van der Waals surface area contributed by atoms with Crippen molar-refractivity contribution in [3.05, 3.63) is 29.3 Å². The smallest absolute Gasteiger partial charge is 0.407 e. The van der Waals surface area contributed by atoms with Gasteiger partial charge in [0.1, 0.15) is 5.60 Å². The average Bonchev–Trinajstić information content (AvgIpc) is 2.37.